The third-order valence-corrected chi connectivity index (χ3v) is 2.55. The van der Waals surface area contributed by atoms with E-state index in [1.807, 2.05) is 18.2 Å². The average Bonchev–Trinajstić information content (AvgIpc) is 2.99. The van der Waals surface area contributed by atoms with Crippen molar-refractivity contribution < 1.29 is 9.47 Å². The van der Waals surface area contributed by atoms with Crippen molar-refractivity contribution in [2.45, 2.75) is 13.1 Å². The summed E-state index contributed by atoms with van der Waals surface area (Å²) in [4.78, 5) is 4.03. The fraction of sp³-hybridized carbons (Fsp3) is 0.273. The molecule has 0 saturated heterocycles. The van der Waals surface area contributed by atoms with Crippen molar-refractivity contribution in [2.75, 3.05) is 6.79 Å². The van der Waals surface area contributed by atoms with Gasteiger partial charge in [0.2, 0.25) is 6.79 Å². The van der Waals surface area contributed by atoms with E-state index in [2.05, 4.69) is 20.5 Å². The molecule has 0 saturated carbocycles. The predicted octanol–water partition coefficient (Wildman–Crippen LogP) is 0.823. The van der Waals surface area contributed by atoms with Gasteiger partial charge in [-0.05, 0) is 6.07 Å². The Morgan fingerprint density at radius 1 is 1.29 bits per heavy atom. The van der Waals surface area contributed by atoms with Gasteiger partial charge in [-0.3, -0.25) is 5.10 Å². The van der Waals surface area contributed by atoms with Crippen molar-refractivity contribution in [2.24, 2.45) is 0 Å². The number of H-pyrrole nitrogens is 1. The van der Waals surface area contributed by atoms with E-state index in [-0.39, 0.29) is 0 Å². The number of ether oxygens (including phenoxy) is 2. The second-order valence-electron chi connectivity index (χ2n) is 3.69. The Hall–Kier alpha value is -2.08. The van der Waals surface area contributed by atoms with Gasteiger partial charge in [0.1, 0.15) is 12.2 Å². The van der Waals surface area contributed by atoms with Crippen LogP contribution in [0.25, 0.3) is 0 Å². The Labute approximate surface area is 98.0 Å². The molecule has 0 aliphatic carbocycles. The van der Waals surface area contributed by atoms with Gasteiger partial charge in [0.15, 0.2) is 11.5 Å². The number of benzene rings is 1. The lowest BCUT2D eigenvalue weighted by molar-refractivity contribution is 0.173. The van der Waals surface area contributed by atoms with Crippen molar-refractivity contribution >= 4 is 0 Å². The van der Waals surface area contributed by atoms with Crippen molar-refractivity contribution in [1.82, 2.24) is 20.5 Å². The summed E-state index contributed by atoms with van der Waals surface area (Å²) in [6.07, 6.45) is 1.49. The minimum absolute atomic E-state index is 0.300. The molecule has 0 spiro atoms. The first-order valence-corrected chi connectivity index (χ1v) is 5.36. The van der Waals surface area contributed by atoms with Crippen LogP contribution in [0, 0.1) is 0 Å². The molecule has 2 heterocycles. The van der Waals surface area contributed by atoms with Crippen LogP contribution < -0.4 is 14.8 Å². The molecule has 0 fully saturated rings. The molecule has 0 bridgehead atoms. The minimum Gasteiger partial charge on any atom is -0.454 e. The maximum absolute atomic E-state index is 5.42. The van der Waals surface area contributed by atoms with Crippen LogP contribution in [0.1, 0.15) is 11.4 Å². The maximum Gasteiger partial charge on any atom is 0.231 e. The van der Waals surface area contributed by atoms with E-state index in [9.17, 15) is 0 Å². The lowest BCUT2D eigenvalue weighted by Crippen LogP contribution is -2.14. The zero-order valence-electron chi connectivity index (χ0n) is 9.14. The van der Waals surface area contributed by atoms with Crippen LogP contribution in [-0.4, -0.2) is 22.0 Å². The molecule has 0 unspecified atom stereocenters. The quantitative estimate of drug-likeness (QED) is 0.816. The second-order valence-corrected chi connectivity index (χ2v) is 3.69. The molecule has 0 radical (unpaired) electrons. The van der Waals surface area contributed by atoms with Gasteiger partial charge in [-0.25, -0.2) is 4.98 Å². The molecule has 6 heteroatoms. The lowest BCUT2D eigenvalue weighted by Gasteiger charge is -2.06. The lowest BCUT2D eigenvalue weighted by atomic mass is 10.2. The molecular formula is C11H12N4O2. The van der Waals surface area contributed by atoms with Crippen LogP contribution in [0.5, 0.6) is 11.5 Å². The Kier molecular flexibility index (Phi) is 2.63. The number of rotatable bonds is 4. The minimum atomic E-state index is 0.300. The van der Waals surface area contributed by atoms with E-state index in [0.717, 1.165) is 22.9 Å². The fourth-order valence-electron chi connectivity index (χ4n) is 1.76. The van der Waals surface area contributed by atoms with E-state index in [4.69, 9.17) is 9.47 Å². The largest absolute Gasteiger partial charge is 0.454 e. The topological polar surface area (TPSA) is 72.1 Å². The first kappa shape index (κ1) is 10.1. The molecule has 88 valence electrons. The first-order chi connectivity index (χ1) is 8.43. The SMILES string of the molecule is c1cc(CNCc2ncn[nH]2)c2c(c1)OCO2. The highest BCUT2D eigenvalue weighted by Crippen LogP contribution is 2.35. The highest BCUT2D eigenvalue weighted by molar-refractivity contribution is 5.48. The summed E-state index contributed by atoms with van der Waals surface area (Å²) in [6.45, 7) is 1.65. The number of fused-ring (bicyclic) bond motifs is 1. The third kappa shape index (κ3) is 2.07. The number of nitrogens with one attached hydrogen (secondary N) is 2. The number of nitrogens with zero attached hydrogens (tertiary/aromatic N) is 2. The first-order valence-electron chi connectivity index (χ1n) is 5.36. The van der Waals surface area contributed by atoms with Gasteiger partial charge in [0, 0.05) is 12.1 Å². The molecule has 17 heavy (non-hydrogen) atoms. The summed E-state index contributed by atoms with van der Waals surface area (Å²) in [5.41, 5.74) is 1.08. The summed E-state index contributed by atoms with van der Waals surface area (Å²) in [5.74, 6) is 2.45. The highest BCUT2D eigenvalue weighted by Gasteiger charge is 2.16. The van der Waals surface area contributed by atoms with Crippen LogP contribution in [0.3, 0.4) is 0 Å². The zero-order chi connectivity index (χ0) is 11.5. The molecule has 2 N–H and O–H groups in total. The van der Waals surface area contributed by atoms with Crippen molar-refractivity contribution in [1.29, 1.82) is 0 Å². The van der Waals surface area contributed by atoms with Crippen LogP contribution in [0.15, 0.2) is 24.5 Å². The molecule has 0 amide bonds. The molecular weight excluding hydrogens is 220 g/mol. The summed E-state index contributed by atoms with van der Waals surface area (Å²) in [7, 11) is 0. The summed E-state index contributed by atoms with van der Waals surface area (Å²) in [6, 6.07) is 5.88. The Morgan fingerprint density at radius 2 is 2.29 bits per heavy atom. The Morgan fingerprint density at radius 3 is 3.18 bits per heavy atom. The predicted molar refractivity (Wildman–Crippen MR) is 59.5 cm³/mol. The number of para-hydroxylation sites is 1. The van der Waals surface area contributed by atoms with Gasteiger partial charge in [-0.1, -0.05) is 12.1 Å². The maximum atomic E-state index is 5.42. The summed E-state index contributed by atoms with van der Waals surface area (Å²) < 4.78 is 10.7. The number of aromatic amines is 1. The fourth-order valence-corrected chi connectivity index (χ4v) is 1.76. The Balaban J connectivity index is 1.64. The third-order valence-electron chi connectivity index (χ3n) is 2.55. The van der Waals surface area contributed by atoms with Gasteiger partial charge in [0.05, 0.1) is 6.54 Å². The average molecular weight is 232 g/mol. The van der Waals surface area contributed by atoms with Crippen LogP contribution in [0.4, 0.5) is 0 Å². The van der Waals surface area contributed by atoms with Crippen LogP contribution in [0.2, 0.25) is 0 Å². The van der Waals surface area contributed by atoms with Gasteiger partial charge < -0.3 is 14.8 Å². The van der Waals surface area contributed by atoms with Gasteiger partial charge in [-0.2, -0.15) is 5.10 Å². The molecule has 3 rings (SSSR count). The van der Waals surface area contributed by atoms with E-state index in [0.29, 0.717) is 19.9 Å². The van der Waals surface area contributed by atoms with Gasteiger partial charge >= 0.3 is 0 Å². The molecule has 6 nitrogen and oxygen atoms in total. The highest BCUT2D eigenvalue weighted by atomic mass is 16.7. The van der Waals surface area contributed by atoms with Gasteiger partial charge in [-0.15, -0.1) is 0 Å². The Bertz CT molecular complexity index is 498. The molecule has 1 aliphatic rings. The standard InChI is InChI=1S/C11H12N4O2/c1-2-8(11-9(3-1)16-7-17-11)4-12-5-10-13-6-14-15-10/h1-3,6,12H,4-5,7H2,(H,13,14,15). The summed E-state index contributed by atoms with van der Waals surface area (Å²) >= 11 is 0. The number of aromatic nitrogens is 3. The van der Waals surface area contributed by atoms with E-state index in [1.54, 1.807) is 0 Å². The summed E-state index contributed by atoms with van der Waals surface area (Å²) in [5, 5.41) is 9.85. The monoisotopic (exact) mass is 232 g/mol. The molecule has 1 aromatic carbocycles. The molecule has 0 atom stereocenters. The van der Waals surface area contributed by atoms with Crippen molar-refractivity contribution in [3.05, 3.63) is 35.9 Å². The van der Waals surface area contributed by atoms with E-state index in [1.165, 1.54) is 6.33 Å². The second kappa shape index (κ2) is 4.42. The molecule has 2 aromatic rings. The molecule has 1 aliphatic heterocycles. The van der Waals surface area contributed by atoms with Gasteiger partial charge in [0.25, 0.3) is 0 Å². The number of hydrogen-bond donors (Lipinski definition) is 2. The van der Waals surface area contributed by atoms with E-state index < -0.39 is 0 Å². The van der Waals surface area contributed by atoms with E-state index >= 15 is 0 Å². The number of hydrogen-bond acceptors (Lipinski definition) is 5. The van der Waals surface area contributed by atoms with Crippen molar-refractivity contribution in [3.63, 3.8) is 0 Å². The smallest absolute Gasteiger partial charge is 0.231 e. The van der Waals surface area contributed by atoms with Crippen molar-refractivity contribution in [3.8, 4) is 11.5 Å². The molecule has 1 aromatic heterocycles. The van der Waals surface area contributed by atoms with Crippen LogP contribution >= 0.6 is 0 Å². The normalized spacial score (nSPS) is 12.9. The zero-order valence-corrected chi connectivity index (χ0v) is 9.14. The van der Waals surface area contributed by atoms with Crippen LogP contribution in [-0.2, 0) is 13.1 Å².